The largest absolute Gasteiger partial charge is 0.486 e. The number of amides is 1. The highest BCUT2D eigenvalue weighted by molar-refractivity contribution is 7.92. The van der Waals surface area contributed by atoms with Gasteiger partial charge >= 0.3 is 0 Å². The molecule has 0 fully saturated rings. The smallest absolute Gasteiger partial charge is 0.262 e. The minimum absolute atomic E-state index is 0.104. The third-order valence-electron chi connectivity index (χ3n) is 7.65. The molecule has 3 aromatic rings. The number of aryl methyl sites for hydroxylation is 1. The fraction of sp³-hybridized carbons (Fsp3) is 0.387. The third-order valence-corrected chi connectivity index (χ3v) is 9.03. The number of hydrogen-bond acceptors (Lipinski definition) is 8. The average Bonchev–Trinajstić information content (AvgIpc) is 3.43. The second kappa shape index (κ2) is 12.2. The molecule has 0 unspecified atom stereocenters. The van der Waals surface area contributed by atoms with Gasteiger partial charge in [0.1, 0.15) is 6.10 Å². The van der Waals surface area contributed by atoms with E-state index < -0.39 is 22.2 Å². The Morgan fingerprint density at radius 1 is 1.10 bits per heavy atom. The molecular formula is C31H37N3O7S. The molecule has 42 heavy (non-hydrogen) atoms. The highest BCUT2D eigenvalue weighted by Crippen LogP contribution is 2.37. The Kier molecular flexibility index (Phi) is 8.63. The number of hydrogen-bond donors (Lipinski definition) is 2. The van der Waals surface area contributed by atoms with Gasteiger partial charge in [0.05, 0.1) is 28.8 Å². The summed E-state index contributed by atoms with van der Waals surface area (Å²) < 4.78 is 46.8. The van der Waals surface area contributed by atoms with Gasteiger partial charge in [0.25, 0.3) is 15.9 Å². The van der Waals surface area contributed by atoms with E-state index in [0.29, 0.717) is 25.4 Å². The number of sulfonamides is 1. The summed E-state index contributed by atoms with van der Waals surface area (Å²) in [6.07, 6.45) is -0.408. The Morgan fingerprint density at radius 2 is 1.83 bits per heavy atom. The number of carbonyl (C=O) groups is 1. The molecule has 2 N–H and O–H groups in total. The van der Waals surface area contributed by atoms with Crippen molar-refractivity contribution in [2.75, 3.05) is 38.3 Å². The fourth-order valence-corrected chi connectivity index (χ4v) is 6.25. The van der Waals surface area contributed by atoms with E-state index >= 15 is 0 Å². The fourth-order valence-electron chi connectivity index (χ4n) is 5.19. The van der Waals surface area contributed by atoms with Crippen LogP contribution in [-0.2, 0) is 16.6 Å². The normalized spacial score (nSPS) is 19.1. The molecule has 0 saturated carbocycles. The van der Waals surface area contributed by atoms with E-state index in [2.05, 4.69) is 9.62 Å². The number of likely N-dealkylation sites (N-methyl/N-ethyl adjacent to an activating group) is 1. The first-order valence-electron chi connectivity index (χ1n) is 13.9. The summed E-state index contributed by atoms with van der Waals surface area (Å²) in [7, 11) is -1.99. The Hall–Kier alpha value is -3.80. The number of benzene rings is 3. The number of nitrogens with one attached hydrogen (secondary N) is 1. The number of rotatable bonds is 9. The summed E-state index contributed by atoms with van der Waals surface area (Å²) >= 11 is 0. The van der Waals surface area contributed by atoms with E-state index in [-0.39, 0.29) is 47.1 Å². The molecule has 1 amide bonds. The minimum atomic E-state index is -3.96. The topological polar surface area (TPSA) is 118 Å². The van der Waals surface area contributed by atoms with Crippen molar-refractivity contribution >= 4 is 21.6 Å². The van der Waals surface area contributed by atoms with Crippen LogP contribution >= 0.6 is 0 Å². The SMILES string of the molecule is Cc1ccc(S(=O)(=O)Nc2cccc3c2O[C@@H](CN(C)Cc2ccc4c(c2)OCO4)[C@@H](C)CN([C@H](C)CO)C3=O)cc1. The molecule has 2 heterocycles. The number of nitrogens with zero attached hydrogens (tertiary/aromatic N) is 2. The highest BCUT2D eigenvalue weighted by Gasteiger charge is 2.35. The number of fused-ring (bicyclic) bond motifs is 2. The number of carbonyl (C=O) groups excluding carboxylic acids is 1. The van der Waals surface area contributed by atoms with Gasteiger partial charge in [-0.05, 0) is 62.9 Å². The van der Waals surface area contributed by atoms with Crippen LogP contribution in [0.5, 0.6) is 17.2 Å². The lowest BCUT2D eigenvalue weighted by Gasteiger charge is -2.38. The summed E-state index contributed by atoms with van der Waals surface area (Å²) in [5, 5.41) is 9.95. The molecule has 0 saturated heterocycles. The molecular weight excluding hydrogens is 558 g/mol. The van der Waals surface area contributed by atoms with E-state index in [9.17, 15) is 18.3 Å². The highest BCUT2D eigenvalue weighted by atomic mass is 32.2. The van der Waals surface area contributed by atoms with Gasteiger partial charge in [-0.2, -0.15) is 0 Å². The quantitative estimate of drug-likeness (QED) is 0.383. The maximum atomic E-state index is 13.7. The predicted octanol–water partition coefficient (Wildman–Crippen LogP) is 3.88. The number of anilines is 1. The second-order valence-electron chi connectivity index (χ2n) is 11.1. The average molecular weight is 596 g/mol. The molecule has 10 nitrogen and oxygen atoms in total. The lowest BCUT2D eigenvalue weighted by atomic mass is 9.99. The van der Waals surface area contributed by atoms with Crippen LogP contribution in [0.3, 0.4) is 0 Å². The van der Waals surface area contributed by atoms with Crippen molar-refractivity contribution in [3.63, 3.8) is 0 Å². The standard InChI is InChI=1S/C31H37N3O7S/c1-20-8-11-24(12-9-20)42(37,38)32-26-7-5-6-25-30(26)41-29(21(2)15-34(31(25)36)22(3)18-35)17-33(4)16-23-10-13-27-28(14-23)40-19-39-27/h5-14,21-22,29,32,35H,15-19H2,1-4H3/t21-,22+,29-/m0/s1. The lowest BCUT2D eigenvalue weighted by Crippen LogP contribution is -2.49. The molecule has 0 spiro atoms. The van der Waals surface area contributed by atoms with Crippen molar-refractivity contribution in [2.24, 2.45) is 5.92 Å². The van der Waals surface area contributed by atoms with Gasteiger partial charge in [-0.3, -0.25) is 14.4 Å². The molecule has 2 aliphatic heterocycles. The van der Waals surface area contributed by atoms with Crippen LogP contribution in [0.4, 0.5) is 5.69 Å². The van der Waals surface area contributed by atoms with E-state index in [0.717, 1.165) is 16.9 Å². The molecule has 0 aliphatic carbocycles. The Morgan fingerprint density at radius 3 is 2.57 bits per heavy atom. The Bertz CT molecular complexity index is 1540. The molecule has 5 rings (SSSR count). The molecule has 224 valence electrons. The van der Waals surface area contributed by atoms with E-state index in [1.165, 1.54) is 12.1 Å². The van der Waals surface area contributed by atoms with Gasteiger partial charge in [-0.15, -0.1) is 0 Å². The predicted molar refractivity (Wildman–Crippen MR) is 158 cm³/mol. The van der Waals surface area contributed by atoms with Crippen LogP contribution in [0.15, 0.2) is 65.6 Å². The number of aliphatic hydroxyl groups is 1. The van der Waals surface area contributed by atoms with Crippen LogP contribution in [0.2, 0.25) is 0 Å². The van der Waals surface area contributed by atoms with Crippen LogP contribution < -0.4 is 18.9 Å². The summed E-state index contributed by atoms with van der Waals surface area (Å²) in [6, 6.07) is 16.8. The van der Waals surface area contributed by atoms with Gasteiger partial charge in [0.2, 0.25) is 6.79 Å². The molecule has 0 bridgehead atoms. The van der Waals surface area contributed by atoms with Crippen molar-refractivity contribution in [3.8, 4) is 17.2 Å². The van der Waals surface area contributed by atoms with Crippen LogP contribution in [-0.4, -0.2) is 74.9 Å². The van der Waals surface area contributed by atoms with Gasteiger partial charge in [0, 0.05) is 25.6 Å². The molecule has 3 atom stereocenters. The van der Waals surface area contributed by atoms with Crippen LogP contribution in [0.25, 0.3) is 0 Å². The molecule has 2 aliphatic rings. The maximum absolute atomic E-state index is 13.7. The molecule has 3 aromatic carbocycles. The number of para-hydroxylation sites is 1. The van der Waals surface area contributed by atoms with Crippen LogP contribution in [0, 0.1) is 12.8 Å². The first-order chi connectivity index (χ1) is 20.1. The summed E-state index contributed by atoms with van der Waals surface area (Å²) in [5.41, 5.74) is 2.38. The summed E-state index contributed by atoms with van der Waals surface area (Å²) in [6.45, 7) is 7.12. The Labute approximate surface area is 246 Å². The van der Waals surface area contributed by atoms with Gasteiger partial charge < -0.3 is 24.2 Å². The van der Waals surface area contributed by atoms with Gasteiger partial charge in [-0.25, -0.2) is 8.42 Å². The maximum Gasteiger partial charge on any atom is 0.262 e. The van der Waals surface area contributed by atoms with Gasteiger partial charge in [-0.1, -0.05) is 36.8 Å². The zero-order valence-electron chi connectivity index (χ0n) is 24.2. The number of aliphatic hydroxyl groups excluding tert-OH is 1. The van der Waals surface area contributed by atoms with Crippen molar-refractivity contribution in [1.82, 2.24) is 9.80 Å². The van der Waals surface area contributed by atoms with Crippen molar-refractivity contribution in [1.29, 1.82) is 0 Å². The zero-order valence-corrected chi connectivity index (χ0v) is 25.1. The minimum Gasteiger partial charge on any atom is -0.486 e. The summed E-state index contributed by atoms with van der Waals surface area (Å²) in [4.78, 5) is 17.6. The van der Waals surface area contributed by atoms with Crippen molar-refractivity contribution in [3.05, 3.63) is 77.4 Å². The second-order valence-corrected chi connectivity index (χ2v) is 12.8. The van der Waals surface area contributed by atoms with Crippen molar-refractivity contribution in [2.45, 2.75) is 44.4 Å². The lowest BCUT2D eigenvalue weighted by molar-refractivity contribution is 0.0344. The van der Waals surface area contributed by atoms with E-state index in [4.69, 9.17) is 14.2 Å². The Balaban J connectivity index is 1.46. The number of ether oxygens (including phenoxy) is 3. The van der Waals surface area contributed by atoms with Gasteiger partial charge in [0.15, 0.2) is 17.2 Å². The monoisotopic (exact) mass is 595 g/mol. The zero-order chi connectivity index (χ0) is 30.0. The van der Waals surface area contributed by atoms with Crippen LogP contribution in [0.1, 0.15) is 35.3 Å². The molecule has 0 aromatic heterocycles. The van der Waals surface area contributed by atoms with Crippen molar-refractivity contribution < 1.29 is 32.5 Å². The summed E-state index contributed by atoms with van der Waals surface area (Å²) in [5.74, 6) is 1.13. The first kappa shape index (κ1) is 29.7. The van der Waals surface area contributed by atoms with E-state index in [1.54, 1.807) is 42.2 Å². The first-order valence-corrected chi connectivity index (χ1v) is 15.4. The van der Waals surface area contributed by atoms with E-state index in [1.807, 2.05) is 39.1 Å². The molecule has 11 heteroatoms. The third kappa shape index (κ3) is 6.33. The molecule has 0 radical (unpaired) electrons.